The SMILES string of the molecule is O=C(CSc1nc2ccccc2c(=O)n1Cc1ccc(F)cc1)N1CCc2ccccc2C1. The highest BCUT2D eigenvalue weighted by Gasteiger charge is 2.21. The molecular formula is C26H22FN3O2S. The van der Waals surface area contributed by atoms with Crippen LogP contribution in [0.15, 0.2) is 82.7 Å². The van der Waals surface area contributed by atoms with Crippen molar-refractivity contribution in [3.05, 3.63) is 106 Å². The van der Waals surface area contributed by atoms with Gasteiger partial charge < -0.3 is 4.90 Å². The number of aromatic nitrogens is 2. The first-order valence-corrected chi connectivity index (χ1v) is 11.8. The molecule has 0 atom stereocenters. The van der Waals surface area contributed by atoms with Crippen LogP contribution in [0.25, 0.3) is 10.9 Å². The van der Waals surface area contributed by atoms with Gasteiger partial charge in [-0.15, -0.1) is 0 Å². The number of nitrogens with zero attached hydrogens (tertiary/aromatic N) is 3. The summed E-state index contributed by atoms with van der Waals surface area (Å²) in [7, 11) is 0. The van der Waals surface area contributed by atoms with Crippen LogP contribution in [0.2, 0.25) is 0 Å². The monoisotopic (exact) mass is 459 g/mol. The smallest absolute Gasteiger partial charge is 0.262 e. The van der Waals surface area contributed by atoms with E-state index in [-0.39, 0.29) is 29.6 Å². The van der Waals surface area contributed by atoms with Crippen molar-refractivity contribution in [1.29, 1.82) is 0 Å². The number of hydrogen-bond donors (Lipinski definition) is 0. The molecule has 0 spiro atoms. The Morgan fingerprint density at radius 2 is 1.70 bits per heavy atom. The fourth-order valence-electron chi connectivity index (χ4n) is 4.10. The molecule has 1 aliphatic heterocycles. The molecule has 4 aromatic rings. The van der Waals surface area contributed by atoms with E-state index in [0.717, 1.165) is 12.0 Å². The maximum absolute atomic E-state index is 13.3. The fourth-order valence-corrected chi connectivity index (χ4v) is 5.00. The van der Waals surface area contributed by atoms with Crippen molar-refractivity contribution in [3.63, 3.8) is 0 Å². The van der Waals surface area contributed by atoms with Gasteiger partial charge in [-0.05, 0) is 47.4 Å². The Labute approximate surface area is 194 Å². The molecule has 0 radical (unpaired) electrons. The number of carbonyl (C=O) groups is 1. The van der Waals surface area contributed by atoms with Gasteiger partial charge in [0.05, 0.1) is 23.2 Å². The Hall–Kier alpha value is -3.45. The van der Waals surface area contributed by atoms with Crippen LogP contribution in [0.1, 0.15) is 16.7 Å². The summed E-state index contributed by atoms with van der Waals surface area (Å²) in [6.45, 7) is 1.54. The lowest BCUT2D eigenvalue weighted by Gasteiger charge is -2.28. The van der Waals surface area contributed by atoms with Crippen LogP contribution < -0.4 is 5.56 Å². The summed E-state index contributed by atoms with van der Waals surface area (Å²) in [5.41, 5.74) is 3.68. The predicted molar refractivity (Wildman–Crippen MR) is 128 cm³/mol. The largest absolute Gasteiger partial charge is 0.337 e. The van der Waals surface area contributed by atoms with Gasteiger partial charge in [-0.25, -0.2) is 9.37 Å². The Bertz CT molecular complexity index is 1380. The minimum absolute atomic E-state index is 0.0187. The van der Waals surface area contributed by atoms with E-state index in [1.54, 1.807) is 34.9 Å². The third-order valence-electron chi connectivity index (χ3n) is 5.89. The lowest BCUT2D eigenvalue weighted by atomic mass is 10.00. The molecule has 2 heterocycles. The van der Waals surface area contributed by atoms with E-state index in [1.165, 1.54) is 35.0 Å². The van der Waals surface area contributed by atoms with Crippen molar-refractivity contribution < 1.29 is 9.18 Å². The van der Waals surface area contributed by atoms with Gasteiger partial charge >= 0.3 is 0 Å². The van der Waals surface area contributed by atoms with Gasteiger partial charge in [0, 0.05) is 13.1 Å². The first-order chi connectivity index (χ1) is 16.1. The quantitative estimate of drug-likeness (QED) is 0.331. The summed E-state index contributed by atoms with van der Waals surface area (Å²) in [4.78, 5) is 32.8. The first kappa shape index (κ1) is 21.4. The standard InChI is InChI=1S/C26H22FN3O2S/c27-21-11-9-18(10-12-21)15-30-25(32)22-7-3-4-8-23(22)28-26(30)33-17-24(31)29-14-13-19-5-1-2-6-20(19)16-29/h1-12H,13-17H2. The second-order valence-corrected chi connectivity index (χ2v) is 8.99. The van der Waals surface area contributed by atoms with E-state index < -0.39 is 0 Å². The molecule has 3 aromatic carbocycles. The Morgan fingerprint density at radius 3 is 2.52 bits per heavy atom. The van der Waals surface area contributed by atoms with Gasteiger partial charge in [0.2, 0.25) is 5.91 Å². The van der Waals surface area contributed by atoms with Crippen LogP contribution in [0.4, 0.5) is 4.39 Å². The maximum Gasteiger partial charge on any atom is 0.262 e. The van der Waals surface area contributed by atoms with Crippen LogP contribution in [0, 0.1) is 5.82 Å². The van der Waals surface area contributed by atoms with Gasteiger partial charge in [0.1, 0.15) is 5.82 Å². The summed E-state index contributed by atoms with van der Waals surface area (Å²) in [5, 5.41) is 0.997. The molecule has 166 valence electrons. The number of benzene rings is 3. The minimum atomic E-state index is -0.328. The molecule has 0 saturated carbocycles. The molecule has 33 heavy (non-hydrogen) atoms. The lowest BCUT2D eigenvalue weighted by Crippen LogP contribution is -2.37. The summed E-state index contributed by atoms with van der Waals surface area (Å²) in [6.07, 6.45) is 0.843. The number of hydrogen-bond acceptors (Lipinski definition) is 4. The van der Waals surface area contributed by atoms with Crippen LogP contribution in [0.3, 0.4) is 0 Å². The van der Waals surface area contributed by atoms with Gasteiger partial charge in [0.15, 0.2) is 5.16 Å². The van der Waals surface area contributed by atoms with Gasteiger partial charge in [0.25, 0.3) is 5.56 Å². The van der Waals surface area contributed by atoms with Crippen molar-refractivity contribution in [2.45, 2.75) is 24.7 Å². The summed E-state index contributed by atoms with van der Waals surface area (Å²) < 4.78 is 14.9. The van der Waals surface area contributed by atoms with Crippen molar-refractivity contribution in [3.8, 4) is 0 Å². The molecule has 1 aromatic heterocycles. The predicted octanol–water partition coefficient (Wildman–Crippen LogP) is 4.26. The van der Waals surface area contributed by atoms with Crippen molar-refractivity contribution in [2.75, 3.05) is 12.3 Å². The Morgan fingerprint density at radius 1 is 0.970 bits per heavy atom. The maximum atomic E-state index is 13.3. The summed E-state index contributed by atoms with van der Waals surface area (Å²) in [5.74, 6) is -0.118. The van der Waals surface area contributed by atoms with E-state index in [0.29, 0.717) is 29.1 Å². The number of fused-ring (bicyclic) bond motifs is 2. The van der Waals surface area contributed by atoms with Gasteiger partial charge in [-0.3, -0.25) is 14.2 Å². The zero-order valence-electron chi connectivity index (χ0n) is 17.9. The lowest BCUT2D eigenvalue weighted by molar-refractivity contribution is -0.129. The third-order valence-corrected chi connectivity index (χ3v) is 6.85. The molecule has 1 amide bonds. The topological polar surface area (TPSA) is 55.2 Å². The van der Waals surface area contributed by atoms with Crippen LogP contribution >= 0.6 is 11.8 Å². The van der Waals surface area contributed by atoms with Crippen LogP contribution in [-0.2, 0) is 24.3 Å². The summed E-state index contributed by atoms with van der Waals surface area (Å²) >= 11 is 1.27. The first-order valence-electron chi connectivity index (χ1n) is 10.8. The third kappa shape index (κ3) is 4.54. The molecule has 1 aliphatic rings. The highest BCUT2D eigenvalue weighted by Crippen LogP contribution is 2.23. The molecule has 0 N–H and O–H groups in total. The zero-order chi connectivity index (χ0) is 22.8. The number of rotatable bonds is 5. The Kier molecular flexibility index (Phi) is 5.96. The molecule has 0 saturated heterocycles. The number of carbonyl (C=O) groups excluding carboxylic acids is 1. The van der Waals surface area contributed by atoms with E-state index in [2.05, 4.69) is 17.1 Å². The molecule has 5 rings (SSSR count). The number of para-hydroxylation sites is 1. The molecule has 0 unspecified atom stereocenters. The normalized spacial score (nSPS) is 13.2. The van der Waals surface area contributed by atoms with E-state index >= 15 is 0 Å². The van der Waals surface area contributed by atoms with Gasteiger partial charge in [-0.1, -0.05) is 60.3 Å². The van der Waals surface area contributed by atoms with Crippen molar-refractivity contribution >= 4 is 28.6 Å². The van der Waals surface area contributed by atoms with E-state index in [9.17, 15) is 14.0 Å². The number of halogens is 1. The van der Waals surface area contributed by atoms with Crippen LogP contribution in [0.5, 0.6) is 0 Å². The highest BCUT2D eigenvalue weighted by atomic mass is 32.2. The molecular weight excluding hydrogens is 437 g/mol. The number of amides is 1. The van der Waals surface area contributed by atoms with E-state index in [1.807, 2.05) is 23.1 Å². The fraction of sp³-hybridized carbons (Fsp3) is 0.192. The average Bonchev–Trinajstić information content (AvgIpc) is 2.85. The average molecular weight is 460 g/mol. The highest BCUT2D eigenvalue weighted by molar-refractivity contribution is 7.99. The van der Waals surface area contributed by atoms with Gasteiger partial charge in [-0.2, -0.15) is 0 Å². The molecule has 7 heteroatoms. The zero-order valence-corrected chi connectivity index (χ0v) is 18.7. The molecule has 0 bridgehead atoms. The molecule has 0 aliphatic carbocycles. The number of thioether (sulfide) groups is 1. The second-order valence-electron chi connectivity index (χ2n) is 8.05. The van der Waals surface area contributed by atoms with Crippen molar-refractivity contribution in [2.24, 2.45) is 0 Å². The molecule has 0 fully saturated rings. The van der Waals surface area contributed by atoms with E-state index in [4.69, 9.17) is 0 Å². The second kappa shape index (κ2) is 9.19. The molecule has 5 nitrogen and oxygen atoms in total. The van der Waals surface area contributed by atoms with Crippen LogP contribution in [-0.4, -0.2) is 32.7 Å². The minimum Gasteiger partial charge on any atom is -0.337 e. The summed E-state index contributed by atoms with van der Waals surface area (Å²) in [6, 6.07) is 21.4. The van der Waals surface area contributed by atoms with Crippen molar-refractivity contribution in [1.82, 2.24) is 14.5 Å². The Balaban J connectivity index is 1.40.